The molecule has 0 atom stereocenters. The van der Waals surface area contributed by atoms with Crippen LogP contribution in [0.25, 0.3) is 0 Å². The minimum atomic E-state index is -0.788. The molecule has 0 bridgehead atoms. The van der Waals surface area contributed by atoms with Crippen molar-refractivity contribution in [3.8, 4) is 0 Å². The van der Waals surface area contributed by atoms with Crippen LogP contribution in [0.1, 0.15) is 24.6 Å². The van der Waals surface area contributed by atoms with Crippen LogP contribution in [0.15, 0.2) is 15.9 Å². The number of halogens is 1. The third-order valence-electron chi connectivity index (χ3n) is 4.03. The summed E-state index contributed by atoms with van der Waals surface area (Å²) in [7, 11) is 0. The number of carboxylic acids is 1. The molecule has 1 amide bonds. The molecule has 0 aromatic carbocycles. The third-order valence-corrected chi connectivity index (χ3v) is 5.66. The summed E-state index contributed by atoms with van der Waals surface area (Å²) in [5, 5.41) is 8.94. The first-order valence-corrected chi connectivity index (χ1v) is 9.08. The van der Waals surface area contributed by atoms with E-state index >= 15 is 0 Å². The molecule has 1 aliphatic rings. The number of likely N-dealkylation sites (N-methyl/N-ethyl adjacent to an activating group) is 1. The molecule has 2 heterocycles. The number of nitrogens with zero attached hydrogens (tertiary/aromatic N) is 2. The van der Waals surface area contributed by atoms with Gasteiger partial charge < -0.3 is 10.0 Å². The first-order valence-electron chi connectivity index (χ1n) is 7.47. The lowest BCUT2D eigenvalue weighted by Gasteiger charge is -2.37. The number of carbonyl (C=O) groups is 2. The maximum absolute atomic E-state index is 12.3. The van der Waals surface area contributed by atoms with Crippen LogP contribution in [-0.4, -0.2) is 59.0 Å². The van der Waals surface area contributed by atoms with E-state index in [0.717, 1.165) is 28.0 Å². The number of rotatable bonds is 6. The van der Waals surface area contributed by atoms with Gasteiger partial charge in [0.15, 0.2) is 0 Å². The summed E-state index contributed by atoms with van der Waals surface area (Å²) in [5.74, 6) is -0.627. The second-order valence-electron chi connectivity index (χ2n) is 5.45. The number of carboxylic acid groups (broad SMARTS) is 1. The zero-order valence-electron chi connectivity index (χ0n) is 12.6. The number of amides is 1. The Labute approximate surface area is 143 Å². The molecule has 0 radical (unpaired) electrons. The molecule has 0 saturated carbocycles. The van der Waals surface area contributed by atoms with Crippen molar-refractivity contribution in [2.45, 2.75) is 32.2 Å². The Hall–Kier alpha value is -0.920. The summed E-state index contributed by atoms with van der Waals surface area (Å²) in [4.78, 5) is 28.1. The van der Waals surface area contributed by atoms with Crippen molar-refractivity contribution in [3.63, 3.8) is 0 Å². The van der Waals surface area contributed by atoms with Crippen LogP contribution in [0.5, 0.6) is 0 Å². The standard InChI is InChI=1S/C15H21BrN2O3S/c1-2-17(10-15(20)21)11-5-7-18(8-6-11)14(19)9-12-3-4-13(16)22-12/h3-4,11H,2,5-10H2,1H3,(H,20,21). The van der Waals surface area contributed by atoms with Gasteiger partial charge >= 0.3 is 5.97 Å². The molecule has 122 valence electrons. The van der Waals surface area contributed by atoms with Crippen molar-refractivity contribution in [1.29, 1.82) is 0 Å². The predicted molar refractivity (Wildman–Crippen MR) is 90.2 cm³/mol. The van der Waals surface area contributed by atoms with Crippen molar-refractivity contribution in [2.75, 3.05) is 26.2 Å². The molecule has 0 spiro atoms. The first-order chi connectivity index (χ1) is 10.5. The van der Waals surface area contributed by atoms with Crippen molar-refractivity contribution in [3.05, 3.63) is 20.8 Å². The molecular weight excluding hydrogens is 368 g/mol. The van der Waals surface area contributed by atoms with Crippen LogP contribution >= 0.6 is 27.3 Å². The fraction of sp³-hybridized carbons (Fsp3) is 0.600. The Bertz CT molecular complexity index is 527. The van der Waals surface area contributed by atoms with Crippen molar-refractivity contribution in [2.24, 2.45) is 0 Å². The highest BCUT2D eigenvalue weighted by Crippen LogP contribution is 2.24. The van der Waals surface area contributed by atoms with Crippen molar-refractivity contribution >= 4 is 39.1 Å². The number of aliphatic carboxylic acids is 1. The van der Waals surface area contributed by atoms with E-state index in [9.17, 15) is 9.59 Å². The molecule has 1 fully saturated rings. The molecule has 0 unspecified atom stereocenters. The molecule has 1 N–H and O–H groups in total. The van der Waals surface area contributed by atoms with Gasteiger partial charge in [0.25, 0.3) is 0 Å². The highest BCUT2D eigenvalue weighted by atomic mass is 79.9. The van der Waals surface area contributed by atoms with Gasteiger partial charge in [-0.05, 0) is 47.4 Å². The summed E-state index contributed by atoms with van der Waals surface area (Å²) in [6.07, 6.45) is 2.15. The van der Waals surface area contributed by atoms with Gasteiger partial charge in [0.1, 0.15) is 0 Å². The van der Waals surface area contributed by atoms with Crippen LogP contribution in [0.2, 0.25) is 0 Å². The zero-order chi connectivity index (χ0) is 16.1. The summed E-state index contributed by atoms with van der Waals surface area (Å²) in [6, 6.07) is 4.20. The Balaban J connectivity index is 1.83. The van der Waals surface area contributed by atoms with E-state index in [1.165, 1.54) is 0 Å². The quantitative estimate of drug-likeness (QED) is 0.812. The Kier molecular flexibility index (Phi) is 6.40. The maximum Gasteiger partial charge on any atom is 0.317 e. The normalized spacial score (nSPS) is 16.2. The van der Waals surface area contributed by atoms with E-state index < -0.39 is 5.97 Å². The van der Waals surface area contributed by atoms with Gasteiger partial charge in [0.2, 0.25) is 5.91 Å². The SMILES string of the molecule is CCN(CC(=O)O)C1CCN(C(=O)Cc2ccc(Br)s2)CC1. The second kappa shape index (κ2) is 8.08. The minimum Gasteiger partial charge on any atom is -0.480 e. The van der Waals surface area contributed by atoms with Crippen LogP contribution < -0.4 is 0 Å². The molecule has 7 heteroatoms. The zero-order valence-corrected chi connectivity index (χ0v) is 15.0. The third kappa shape index (κ3) is 4.79. The fourth-order valence-corrected chi connectivity index (χ4v) is 4.34. The van der Waals surface area contributed by atoms with E-state index in [-0.39, 0.29) is 18.5 Å². The van der Waals surface area contributed by atoms with Crippen LogP contribution in [0.3, 0.4) is 0 Å². The summed E-state index contributed by atoms with van der Waals surface area (Å²) in [6.45, 7) is 4.22. The van der Waals surface area contributed by atoms with Gasteiger partial charge in [-0.3, -0.25) is 14.5 Å². The molecule has 1 aromatic rings. The van der Waals surface area contributed by atoms with Crippen LogP contribution in [-0.2, 0) is 16.0 Å². The molecule has 2 rings (SSSR count). The number of hydrogen-bond acceptors (Lipinski definition) is 4. The number of piperidine rings is 1. The van der Waals surface area contributed by atoms with E-state index in [0.29, 0.717) is 19.5 Å². The lowest BCUT2D eigenvalue weighted by atomic mass is 10.0. The number of carbonyl (C=O) groups excluding carboxylic acids is 1. The van der Waals surface area contributed by atoms with Crippen LogP contribution in [0, 0.1) is 0 Å². The Morgan fingerprint density at radius 2 is 2.09 bits per heavy atom. The Morgan fingerprint density at radius 1 is 1.41 bits per heavy atom. The molecular formula is C15H21BrN2O3S. The monoisotopic (exact) mass is 388 g/mol. The molecule has 1 aromatic heterocycles. The molecule has 0 aliphatic carbocycles. The first kappa shape index (κ1) is 17.4. The molecule has 5 nitrogen and oxygen atoms in total. The van der Waals surface area contributed by atoms with E-state index in [1.807, 2.05) is 28.9 Å². The van der Waals surface area contributed by atoms with Gasteiger partial charge in [-0.1, -0.05) is 6.92 Å². The van der Waals surface area contributed by atoms with Crippen molar-refractivity contribution in [1.82, 2.24) is 9.80 Å². The average Bonchev–Trinajstić information content (AvgIpc) is 2.90. The molecule has 1 aliphatic heterocycles. The number of hydrogen-bond donors (Lipinski definition) is 1. The van der Waals surface area contributed by atoms with Gasteiger partial charge in [0, 0.05) is 24.0 Å². The second-order valence-corrected chi connectivity index (χ2v) is 8.00. The average molecular weight is 389 g/mol. The molecule has 1 saturated heterocycles. The lowest BCUT2D eigenvalue weighted by Crippen LogP contribution is -2.48. The smallest absolute Gasteiger partial charge is 0.317 e. The van der Waals surface area contributed by atoms with E-state index in [4.69, 9.17) is 5.11 Å². The molecule has 22 heavy (non-hydrogen) atoms. The Morgan fingerprint density at radius 3 is 2.59 bits per heavy atom. The largest absolute Gasteiger partial charge is 0.480 e. The fourth-order valence-electron chi connectivity index (χ4n) is 2.86. The highest BCUT2D eigenvalue weighted by Gasteiger charge is 2.27. The minimum absolute atomic E-state index is 0.0817. The van der Waals surface area contributed by atoms with Gasteiger partial charge in [-0.15, -0.1) is 11.3 Å². The summed E-state index contributed by atoms with van der Waals surface area (Å²) in [5.41, 5.74) is 0. The number of thiophene rings is 1. The highest BCUT2D eigenvalue weighted by molar-refractivity contribution is 9.11. The summed E-state index contributed by atoms with van der Waals surface area (Å²) >= 11 is 5.00. The van der Waals surface area contributed by atoms with Gasteiger partial charge in [0.05, 0.1) is 16.8 Å². The lowest BCUT2D eigenvalue weighted by molar-refractivity contribution is -0.140. The summed E-state index contributed by atoms with van der Waals surface area (Å²) < 4.78 is 1.04. The predicted octanol–water partition coefficient (Wildman–Crippen LogP) is 2.45. The maximum atomic E-state index is 12.3. The van der Waals surface area contributed by atoms with Gasteiger partial charge in [-0.2, -0.15) is 0 Å². The number of likely N-dealkylation sites (tertiary alicyclic amines) is 1. The topological polar surface area (TPSA) is 60.9 Å². The van der Waals surface area contributed by atoms with Crippen molar-refractivity contribution < 1.29 is 14.7 Å². The van der Waals surface area contributed by atoms with E-state index in [1.54, 1.807) is 11.3 Å². The van der Waals surface area contributed by atoms with Crippen LogP contribution in [0.4, 0.5) is 0 Å². The van der Waals surface area contributed by atoms with Gasteiger partial charge in [-0.25, -0.2) is 0 Å². The van der Waals surface area contributed by atoms with E-state index in [2.05, 4.69) is 15.9 Å².